The lowest BCUT2D eigenvalue weighted by Crippen LogP contribution is -2.49. The van der Waals surface area contributed by atoms with Crippen LogP contribution in [0.2, 0.25) is 0 Å². The maximum absolute atomic E-state index is 12.8. The maximum Gasteiger partial charge on any atom is 0.259 e. The van der Waals surface area contributed by atoms with Crippen molar-refractivity contribution in [3.8, 4) is 0 Å². The molecular formula is C16H18N10O. The van der Waals surface area contributed by atoms with Gasteiger partial charge in [-0.2, -0.15) is 4.52 Å². The minimum Gasteiger partial charge on any atom is -0.383 e. The Bertz CT molecular complexity index is 1010. The van der Waals surface area contributed by atoms with Crippen LogP contribution in [0.1, 0.15) is 34.9 Å². The van der Waals surface area contributed by atoms with Crippen LogP contribution in [0, 0.1) is 0 Å². The zero-order valence-electron chi connectivity index (χ0n) is 14.6. The van der Waals surface area contributed by atoms with Crippen LogP contribution in [0.3, 0.4) is 0 Å². The molecule has 0 bridgehead atoms. The Morgan fingerprint density at radius 2 is 1.93 bits per heavy atom. The van der Waals surface area contributed by atoms with Gasteiger partial charge in [0.15, 0.2) is 11.5 Å². The Balaban J connectivity index is 1.30. The molecule has 11 nitrogen and oxygen atoms in total. The Morgan fingerprint density at radius 1 is 1.11 bits per heavy atom. The number of piperazine rings is 1. The van der Waals surface area contributed by atoms with E-state index in [-0.39, 0.29) is 11.7 Å². The molecule has 27 heavy (non-hydrogen) atoms. The summed E-state index contributed by atoms with van der Waals surface area (Å²) in [7, 11) is 0. The SMILES string of the molecule is Nc1nc(C2CC2)ncc1C(=O)N1CCN(c2cncc3nnnn23)CC1. The van der Waals surface area contributed by atoms with Gasteiger partial charge in [-0.25, -0.2) is 9.97 Å². The van der Waals surface area contributed by atoms with Crippen LogP contribution >= 0.6 is 0 Å². The van der Waals surface area contributed by atoms with E-state index in [1.807, 2.05) is 0 Å². The van der Waals surface area contributed by atoms with Crippen molar-refractivity contribution in [3.63, 3.8) is 0 Å². The molecule has 1 aliphatic carbocycles. The van der Waals surface area contributed by atoms with Gasteiger partial charge in [-0.05, 0) is 23.3 Å². The number of nitrogens with two attached hydrogens (primary N) is 1. The van der Waals surface area contributed by atoms with E-state index in [0.29, 0.717) is 43.3 Å². The Kier molecular flexibility index (Phi) is 3.59. The van der Waals surface area contributed by atoms with Crippen molar-refractivity contribution in [3.05, 3.63) is 30.0 Å². The zero-order valence-corrected chi connectivity index (χ0v) is 14.6. The molecule has 1 amide bonds. The van der Waals surface area contributed by atoms with E-state index in [0.717, 1.165) is 24.5 Å². The molecule has 0 unspecified atom stereocenters. The van der Waals surface area contributed by atoms with Gasteiger partial charge in [0.25, 0.3) is 5.91 Å². The summed E-state index contributed by atoms with van der Waals surface area (Å²) < 4.78 is 1.65. The van der Waals surface area contributed by atoms with E-state index < -0.39 is 0 Å². The average molecular weight is 366 g/mol. The summed E-state index contributed by atoms with van der Waals surface area (Å²) in [5.41, 5.74) is 6.98. The summed E-state index contributed by atoms with van der Waals surface area (Å²) in [5, 5.41) is 11.6. The standard InChI is InChI=1S/C16H18N10O/c17-14-11(7-19-15(20-14)10-1-2-10)16(27)25-5-3-24(4-6-25)13-9-18-8-12-21-22-23-26(12)13/h7-10H,1-6H2,(H2,17,19,20). The van der Waals surface area contributed by atoms with E-state index in [4.69, 9.17) is 5.73 Å². The minimum absolute atomic E-state index is 0.131. The second kappa shape index (κ2) is 6.11. The van der Waals surface area contributed by atoms with E-state index >= 15 is 0 Å². The maximum atomic E-state index is 12.8. The van der Waals surface area contributed by atoms with Gasteiger partial charge in [0.1, 0.15) is 17.2 Å². The highest BCUT2D eigenvalue weighted by molar-refractivity contribution is 5.98. The molecule has 0 radical (unpaired) electrons. The monoisotopic (exact) mass is 366 g/mol. The van der Waals surface area contributed by atoms with Gasteiger partial charge in [0.05, 0.1) is 12.4 Å². The Hall–Kier alpha value is -3.37. The van der Waals surface area contributed by atoms with Gasteiger partial charge < -0.3 is 15.5 Å². The van der Waals surface area contributed by atoms with Gasteiger partial charge in [0, 0.05) is 38.3 Å². The van der Waals surface area contributed by atoms with E-state index in [2.05, 4.69) is 35.4 Å². The number of carbonyl (C=O) groups is 1. The predicted molar refractivity (Wildman–Crippen MR) is 95.1 cm³/mol. The summed E-state index contributed by atoms with van der Waals surface area (Å²) in [4.78, 5) is 29.5. The molecule has 0 spiro atoms. The number of aromatic nitrogens is 7. The van der Waals surface area contributed by atoms with E-state index in [1.165, 1.54) is 0 Å². The fourth-order valence-corrected chi connectivity index (χ4v) is 3.30. The highest BCUT2D eigenvalue weighted by Gasteiger charge is 2.29. The molecule has 2 N–H and O–H groups in total. The molecule has 1 saturated carbocycles. The number of hydrogen-bond donors (Lipinski definition) is 1. The fourth-order valence-electron chi connectivity index (χ4n) is 3.30. The molecule has 2 fully saturated rings. The smallest absolute Gasteiger partial charge is 0.259 e. The molecule has 1 aliphatic heterocycles. The second-order valence-electron chi connectivity index (χ2n) is 6.79. The summed E-state index contributed by atoms with van der Waals surface area (Å²) in [5.74, 6) is 2.09. The summed E-state index contributed by atoms with van der Waals surface area (Å²) in [6, 6.07) is 0. The minimum atomic E-state index is -0.131. The van der Waals surface area contributed by atoms with Gasteiger partial charge >= 0.3 is 0 Å². The highest BCUT2D eigenvalue weighted by atomic mass is 16.2. The third kappa shape index (κ3) is 2.80. The molecule has 1 saturated heterocycles. The number of fused-ring (bicyclic) bond motifs is 1. The first-order valence-corrected chi connectivity index (χ1v) is 8.89. The van der Waals surface area contributed by atoms with E-state index in [9.17, 15) is 4.79 Å². The van der Waals surface area contributed by atoms with Crippen LogP contribution in [-0.2, 0) is 0 Å². The molecule has 138 valence electrons. The number of amides is 1. The number of anilines is 2. The third-order valence-electron chi connectivity index (χ3n) is 4.99. The first kappa shape index (κ1) is 15.9. The van der Waals surface area contributed by atoms with Gasteiger partial charge in [-0.1, -0.05) is 0 Å². The third-order valence-corrected chi connectivity index (χ3v) is 4.99. The molecular weight excluding hydrogens is 348 g/mol. The lowest BCUT2D eigenvalue weighted by atomic mass is 10.2. The average Bonchev–Trinajstić information content (AvgIpc) is 3.44. The van der Waals surface area contributed by atoms with Crippen LogP contribution < -0.4 is 10.6 Å². The Morgan fingerprint density at radius 3 is 2.67 bits per heavy atom. The van der Waals surface area contributed by atoms with Crippen molar-refractivity contribution in [2.24, 2.45) is 0 Å². The van der Waals surface area contributed by atoms with Gasteiger partial charge in [-0.3, -0.25) is 9.78 Å². The molecule has 5 rings (SSSR count). The first-order chi connectivity index (χ1) is 13.2. The van der Waals surface area contributed by atoms with Crippen LogP contribution in [0.5, 0.6) is 0 Å². The largest absolute Gasteiger partial charge is 0.383 e. The molecule has 0 atom stereocenters. The molecule has 3 aromatic heterocycles. The number of carbonyl (C=O) groups excluding carboxylic acids is 1. The highest BCUT2D eigenvalue weighted by Crippen LogP contribution is 2.38. The van der Waals surface area contributed by atoms with Crippen LogP contribution in [-0.4, -0.2) is 72.0 Å². The van der Waals surface area contributed by atoms with Gasteiger partial charge in [-0.15, -0.1) is 5.10 Å². The molecule has 2 aliphatic rings. The second-order valence-corrected chi connectivity index (χ2v) is 6.79. The molecule has 0 aromatic carbocycles. The zero-order chi connectivity index (χ0) is 18.4. The summed E-state index contributed by atoms with van der Waals surface area (Å²) >= 11 is 0. The van der Waals surface area contributed by atoms with Crippen molar-refractivity contribution in [2.75, 3.05) is 36.8 Å². The first-order valence-electron chi connectivity index (χ1n) is 8.89. The Labute approximate surface area is 154 Å². The number of rotatable bonds is 3. The predicted octanol–water partition coefficient (Wildman–Crippen LogP) is -0.269. The number of hydrogen-bond acceptors (Lipinski definition) is 9. The topological polar surface area (TPSA) is 131 Å². The molecule has 11 heteroatoms. The van der Waals surface area contributed by atoms with Crippen LogP contribution in [0.25, 0.3) is 5.65 Å². The molecule has 3 aromatic rings. The van der Waals surface area contributed by atoms with Crippen LogP contribution in [0.4, 0.5) is 11.6 Å². The normalized spacial score (nSPS) is 17.5. The summed E-state index contributed by atoms with van der Waals surface area (Å²) in [6.45, 7) is 2.41. The van der Waals surface area contributed by atoms with Crippen molar-refractivity contribution in [2.45, 2.75) is 18.8 Å². The number of nitrogen functional groups attached to an aromatic ring is 1. The van der Waals surface area contributed by atoms with Crippen molar-refractivity contribution < 1.29 is 4.79 Å². The van der Waals surface area contributed by atoms with Crippen molar-refractivity contribution >= 4 is 23.2 Å². The van der Waals surface area contributed by atoms with Crippen molar-refractivity contribution in [1.82, 2.24) is 39.9 Å². The van der Waals surface area contributed by atoms with Crippen molar-refractivity contribution in [1.29, 1.82) is 0 Å². The fraction of sp³-hybridized carbons (Fsp3) is 0.438. The van der Waals surface area contributed by atoms with Crippen LogP contribution in [0.15, 0.2) is 18.6 Å². The number of tetrazole rings is 1. The molecule has 4 heterocycles. The lowest BCUT2D eigenvalue weighted by Gasteiger charge is -2.35. The lowest BCUT2D eigenvalue weighted by molar-refractivity contribution is 0.0746. The number of nitrogens with zero attached hydrogens (tertiary/aromatic N) is 9. The summed E-state index contributed by atoms with van der Waals surface area (Å²) in [6.07, 6.45) is 7.09. The van der Waals surface area contributed by atoms with Gasteiger partial charge in [0.2, 0.25) is 0 Å². The quantitative estimate of drug-likeness (QED) is 0.665. The van der Waals surface area contributed by atoms with E-state index in [1.54, 1.807) is 28.0 Å².